The topological polar surface area (TPSA) is 77.1 Å². The van der Waals surface area contributed by atoms with Crippen LogP contribution >= 0.6 is 0 Å². The van der Waals surface area contributed by atoms with Crippen LogP contribution in [-0.4, -0.2) is 15.9 Å². The van der Waals surface area contributed by atoms with Gasteiger partial charge in [-0.1, -0.05) is 18.7 Å². The first-order valence-electron chi connectivity index (χ1n) is 7.06. The van der Waals surface area contributed by atoms with Gasteiger partial charge in [-0.05, 0) is 37.1 Å². The van der Waals surface area contributed by atoms with E-state index in [4.69, 9.17) is 14.8 Å². The largest absolute Gasteiger partial charge is 0.453 e. The van der Waals surface area contributed by atoms with Crippen molar-refractivity contribution in [1.29, 1.82) is 5.26 Å². The van der Waals surface area contributed by atoms with E-state index < -0.39 is 5.97 Å². The molecular weight excluding hydrogens is 282 g/mol. The zero-order valence-corrected chi connectivity index (χ0v) is 12.8. The third kappa shape index (κ3) is 3.26. The van der Waals surface area contributed by atoms with Gasteiger partial charge < -0.3 is 9.57 Å². The van der Waals surface area contributed by atoms with Crippen molar-refractivity contribution in [2.45, 2.75) is 33.6 Å². The zero-order valence-electron chi connectivity index (χ0n) is 12.8. The van der Waals surface area contributed by atoms with Gasteiger partial charge in [-0.2, -0.15) is 5.26 Å². The Bertz CT molecular complexity index is 711. The predicted octanol–water partition coefficient (Wildman–Crippen LogP) is 2.65. The van der Waals surface area contributed by atoms with Crippen molar-refractivity contribution in [3.05, 3.63) is 41.2 Å². The molecule has 0 aliphatic heterocycles. The van der Waals surface area contributed by atoms with E-state index in [0.29, 0.717) is 41.3 Å². The number of aryl methyl sites for hydroxylation is 1. The molecule has 0 amide bonds. The number of ether oxygens (including phenoxy) is 1. The lowest BCUT2D eigenvalue weighted by Gasteiger charge is -2.08. The second-order valence-electron chi connectivity index (χ2n) is 4.62. The van der Waals surface area contributed by atoms with Crippen LogP contribution in [0.25, 0.3) is 0 Å². The molecule has 0 atom stereocenters. The van der Waals surface area contributed by atoms with E-state index in [1.165, 1.54) is 11.8 Å². The molecule has 0 aliphatic rings. The Morgan fingerprint density at radius 3 is 2.45 bits per heavy atom. The van der Waals surface area contributed by atoms with E-state index in [-0.39, 0.29) is 0 Å². The fourth-order valence-electron chi connectivity index (χ4n) is 2.03. The summed E-state index contributed by atoms with van der Waals surface area (Å²) < 4.78 is 5.90. The van der Waals surface area contributed by atoms with Gasteiger partial charge in [-0.15, -0.1) is 5.10 Å². The Kier molecular flexibility index (Phi) is 4.79. The standard InChI is InChI=1S/C16H17N3O3/c1-4-14-16(15(5-2)19(18-14)22-11(3)20)21-13-8-6-12(10-17)7-9-13/h6-9H,4-5H2,1-3H3. The van der Waals surface area contributed by atoms with Gasteiger partial charge in [0.1, 0.15) is 17.1 Å². The van der Waals surface area contributed by atoms with Crippen LogP contribution in [0.1, 0.15) is 37.7 Å². The molecule has 0 N–H and O–H groups in total. The van der Waals surface area contributed by atoms with Crippen LogP contribution < -0.4 is 9.57 Å². The molecule has 1 aromatic carbocycles. The van der Waals surface area contributed by atoms with Gasteiger partial charge >= 0.3 is 5.97 Å². The van der Waals surface area contributed by atoms with Crippen LogP contribution in [0.15, 0.2) is 24.3 Å². The van der Waals surface area contributed by atoms with Crippen molar-refractivity contribution in [1.82, 2.24) is 9.94 Å². The number of rotatable bonds is 5. The number of nitriles is 1. The Morgan fingerprint density at radius 1 is 1.27 bits per heavy atom. The first-order valence-corrected chi connectivity index (χ1v) is 7.06. The molecule has 0 unspecified atom stereocenters. The third-order valence-corrected chi connectivity index (χ3v) is 3.05. The molecule has 6 heteroatoms. The number of aromatic nitrogens is 2. The molecule has 2 rings (SSSR count). The molecule has 0 saturated carbocycles. The average molecular weight is 299 g/mol. The van der Waals surface area contributed by atoms with Gasteiger partial charge in [0.2, 0.25) is 0 Å². The van der Waals surface area contributed by atoms with Crippen molar-refractivity contribution in [3.8, 4) is 17.6 Å². The fourth-order valence-corrected chi connectivity index (χ4v) is 2.03. The van der Waals surface area contributed by atoms with E-state index in [9.17, 15) is 4.79 Å². The molecule has 6 nitrogen and oxygen atoms in total. The molecule has 0 spiro atoms. The molecule has 1 heterocycles. The van der Waals surface area contributed by atoms with E-state index in [2.05, 4.69) is 11.2 Å². The number of nitrogens with zero attached hydrogens (tertiary/aromatic N) is 3. The van der Waals surface area contributed by atoms with Crippen molar-refractivity contribution in [2.75, 3.05) is 0 Å². The van der Waals surface area contributed by atoms with Crippen molar-refractivity contribution in [3.63, 3.8) is 0 Å². The maximum Gasteiger partial charge on any atom is 0.331 e. The minimum atomic E-state index is -0.440. The minimum absolute atomic E-state index is 0.440. The van der Waals surface area contributed by atoms with Crippen LogP contribution in [0.2, 0.25) is 0 Å². The zero-order chi connectivity index (χ0) is 16.1. The number of hydrogen-bond acceptors (Lipinski definition) is 5. The van der Waals surface area contributed by atoms with E-state index in [0.717, 1.165) is 0 Å². The average Bonchev–Trinajstić information content (AvgIpc) is 2.83. The van der Waals surface area contributed by atoms with Gasteiger partial charge in [0, 0.05) is 6.92 Å². The van der Waals surface area contributed by atoms with Crippen LogP contribution in [0.5, 0.6) is 11.5 Å². The summed E-state index contributed by atoms with van der Waals surface area (Å²) in [5.74, 6) is 0.756. The summed E-state index contributed by atoms with van der Waals surface area (Å²) in [5, 5.41) is 13.1. The normalized spacial score (nSPS) is 10.1. The Morgan fingerprint density at radius 2 is 1.95 bits per heavy atom. The molecule has 0 radical (unpaired) electrons. The molecule has 2 aromatic rings. The van der Waals surface area contributed by atoms with Crippen LogP contribution in [-0.2, 0) is 17.6 Å². The lowest BCUT2D eigenvalue weighted by atomic mass is 10.2. The van der Waals surface area contributed by atoms with E-state index in [1.807, 2.05) is 13.8 Å². The molecule has 0 saturated heterocycles. The summed E-state index contributed by atoms with van der Waals surface area (Å²) in [5.41, 5.74) is 1.97. The van der Waals surface area contributed by atoms with E-state index in [1.54, 1.807) is 24.3 Å². The van der Waals surface area contributed by atoms with Crippen molar-refractivity contribution in [2.24, 2.45) is 0 Å². The quantitative estimate of drug-likeness (QED) is 0.848. The van der Waals surface area contributed by atoms with Gasteiger partial charge in [-0.3, -0.25) is 0 Å². The maximum atomic E-state index is 11.2. The molecule has 0 aliphatic carbocycles. The fraction of sp³-hybridized carbons (Fsp3) is 0.312. The van der Waals surface area contributed by atoms with Gasteiger partial charge in [0.25, 0.3) is 0 Å². The molecule has 1 aromatic heterocycles. The highest BCUT2D eigenvalue weighted by Gasteiger charge is 2.19. The van der Waals surface area contributed by atoms with Crippen LogP contribution in [0, 0.1) is 11.3 Å². The number of carbonyl (C=O) groups excluding carboxylic acids is 1. The Hall–Kier alpha value is -2.81. The lowest BCUT2D eigenvalue weighted by Crippen LogP contribution is -2.20. The molecule has 22 heavy (non-hydrogen) atoms. The van der Waals surface area contributed by atoms with Gasteiger partial charge in [0.15, 0.2) is 5.75 Å². The molecule has 0 fully saturated rings. The first kappa shape index (κ1) is 15.6. The smallest absolute Gasteiger partial charge is 0.331 e. The number of hydrogen-bond donors (Lipinski definition) is 0. The predicted molar refractivity (Wildman–Crippen MR) is 79.5 cm³/mol. The first-order chi connectivity index (χ1) is 10.6. The Labute approximate surface area is 128 Å². The SMILES string of the molecule is CCc1nn(OC(C)=O)c(CC)c1Oc1ccc(C#N)cc1. The van der Waals surface area contributed by atoms with Crippen LogP contribution in [0.3, 0.4) is 0 Å². The molecule has 0 bridgehead atoms. The highest BCUT2D eigenvalue weighted by molar-refractivity contribution is 5.66. The van der Waals surface area contributed by atoms with Gasteiger partial charge in [0.05, 0.1) is 11.6 Å². The summed E-state index contributed by atoms with van der Waals surface area (Å²) >= 11 is 0. The summed E-state index contributed by atoms with van der Waals surface area (Å²) in [6.07, 6.45) is 1.25. The second-order valence-corrected chi connectivity index (χ2v) is 4.62. The summed E-state index contributed by atoms with van der Waals surface area (Å²) in [6.45, 7) is 5.21. The highest BCUT2D eigenvalue weighted by Crippen LogP contribution is 2.30. The number of benzene rings is 1. The maximum absolute atomic E-state index is 11.2. The van der Waals surface area contributed by atoms with E-state index >= 15 is 0 Å². The summed E-state index contributed by atoms with van der Waals surface area (Å²) in [6, 6.07) is 8.87. The molecule has 114 valence electrons. The summed E-state index contributed by atoms with van der Waals surface area (Å²) in [4.78, 5) is 17.5. The lowest BCUT2D eigenvalue weighted by molar-refractivity contribution is -0.143. The third-order valence-electron chi connectivity index (χ3n) is 3.05. The summed E-state index contributed by atoms with van der Waals surface area (Å²) in [7, 11) is 0. The monoisotopic (exact) mass is 299 g/mol. The molecular formula is C16H17N3O3. The Balaban J connectivity index is 2.37. The minimum Gasteiger partial charge on any atom is -0.453 e. The highest BCUT2D eigenvalue weighted by atomic mass is 16.7. The van der Waals surface area contributed by atoms with Crippen molar-refractivity contribution < 1.29 is 14.4 Å². The van der Waals surface area contributed by atoms with Crippen LogP contribution in [0.4, 0.5) is 0 Å². The van der Waals surface area contributed by atoms with Crippen molar-refractivity contribution >= 4 is 5.97 Å². The van der Waals surface area contributed by atoms with Gasteiger partial charge in [-0.25, -0.2) is 4.79 Å². The second kappa shape index (κ2) is 6.76. The number of carbonyl (C=O) groups is 1.